The average molecular weight is 455 g/mol. The second-order valence-corrected chi connectivity index (χ2v) is 9.28. The number of sulfone groups is 1. The molecule has 158 valence electrons. The number of benzene rings is 2. The quantitative estimate of drug-likeness (QED) is 0.454. The Morgan fingerprint density at radius 1 is 1.06 bits per heavy atom. The lowest BCUT2D eigenvalue weighted by Crippen LogP contribution is -2.13. The summed E-state index contributed by atoms with van der Waals surface area (Å²) in [6.07, 6.45) is 2.61. The van der Waals surface area contributed by atoms with Gasteiger partial charge >= 0.3 is 0 Å². The summed E-state index contributed by atoms with van der Waals surface area (Å²) in [5, 5.41) is 6.25. The van der Waals surface area contributed by atoms with Gasteiger partial charge in [-0.15, -0.1) is 0 Å². The number of aromatic nitrogens is 2. The first kappa shape index (κ1) is 20.9. The third-order valence-electron chi connectivity index (χ3n) is 4.62. The smallest absolute Gasteiger partial charge is 0.276 e. The Kier molecular flexibility index (Phi) is 5.67. The van der Waals surface area contributed by atoms with Gasteiger partial charge in [-0.05, 0) is 35.9 Å². The molecule has 0 aliphatic heterocycles. The number of amides is 1. The van der Waals surface area contributed by atoms with Crippen LogP contribution in [0.5, 0.6) is 0 Å². The van der Waals surface area contributed by atoms with Crippen molar-refractivity contribution in [1.29, 1.82) is 0 Å². The molecule has 2 aromatic heterocycles. The zero-order valence-electron chi connectivity index (χ0n) is 16.5. The average Bonchev–Trinajstić information content (AvgIpc) is 3.14. The van der Waals surface area contributed by atoms with E-state index >= 15 is 0 Å². The highest BCUT2D eigenvalue weighted by molar-refractivity contribution is 7.90. The van der Waals surface area contributed by atoms with Crippen molar-refractivity contribution in [3.63, 3.8) is 0 Å². The van der Waals surface area contributed by atoms with Crippen LogP contribution in [0.1, 0.15) is 16.1 Å². The van der Waals surface area contributed by atoms with Gasteiger partial charge in [0.2, 0.25) is 15.0 Å². The van der Waals surface area contributed by atoms with E-state index in [1.807, 2.05) is 30.3 Å². The minimum absolute atomic E-state index is 0.0171. The number of imidazole rings is 1. The number of halogens is 1. The Morgan fingerprint density at radius 2 is 1.81 bits per heavy atom. The maximum atomic E-state index is 12.8. The minimum atomic E-state index is -3.61. The first-order valence-corrected chi connectivity index (χ1v) is 11.7. The molecule has 0 saturated carbocycles. The molecule has 4 aromatic rings. The van der Waals surface area contributed by atoms with Gasteiger partial charge < -0.3 is 10.6 Å². The molecule has 0 spiro atoms. The monoisotopic (exact) mass is 454 g/mol. The normalized spacial score (nSPS) is 11.4. The molecule has 1 amide bonds. The van der Waals surface area contributed by atoms with E-state index in [4.69, 9.17) is 11.6 Å². The zero-order valence-corrected chi connectivity index (χ0v) is 18.1. The number of hydrogen-bond donors (Lipinski definition) is 2. The van der Waals surface area contributed by atoms with E-state index in [9.17, 15) is 13.2 Å². The van der Waals surface area contributed by atoms with Crippen LogP contribution in [0.2, 0.25) is 5.02 Å². The van der Waals surface area contributed by atoms with Gasteiger partial charge in [-0.25, -0.2) is 13.4 Å². The maximum absolute atomic E-state index is 12.8. The van der Waals surface area contributed by atoms with Gasteiger partial charge in [0.25, 0.3) is 5.91 Å². The van der Waals surface area contributed by atoms with E-state index < -0.39 is 15.7 Å². The topological polar surface area (TPSA) is 92.6 Å². The number of pyridine rings is 1. The lowest BCUT2D eigenvalue weighted by Gasteiger charge is -2.11. The van der Waals surface area contributed by atoms with E-state index in [2.05, 4.69) is 15.6 Å². The fourth-order valence-electron chi connectivity index (χ4n) is 3.16. The summed E-state index contributed by atoms with van der Waals surface area (Å²) >= 11 is 6.37. The highest BCUT2D eigenvalue weighted by Gasteiger charge is 2.22. The molecule has 2 N–H and O–H groups in total. The van der Waals surface area contributed by atoms with Crippen molar-refractivity contribution in [3.05, 3.63) is 89.2 Å². The minimum Gasteiger partial charge on any atom is -0.380 e. The third kappa shape index (κ3) is 4.55. The summed E-state index contributed by atoms with van der Waals surface area (Å²) in [4.78, 5) is 16.9. The second kappa shape index (κ2) is 8.41. The first-order chi connectivity index (χ1) is 14.8. The number of nitrogens with one attached hydrogen (secondary N) is 2. The highest BCUT2D eigenvalue weighted by atomic mass is 35.5. The number of fused-ring (bicyclic) bond motifs is 1. The predicted octanol–water partition coefficient (Wildman–Crippen LogP) is 4.26. The van der Waals surface area contributed by atoms with Crippen LogP contribution < -0.4 is 10.6 Å². The van der Waals surface area contributed by atoms with Crippen LogP contribution in [-0.4, -0.2) is 30.0 Å². The van der Waals surface area contributed by atoms with Gasteiger partial charge in [-0.2, -0.15) is 0 Å². The SMILES string of the molecule is CS(=O)(=O)c1nc(C(=O)Nc2ccc(NCc3ccccc3)c(Cl)c2)c2ccccn12. The second-order valence-electron chi connectivity index (χ2n) is 6.96. The molecule has 0 aliphatic carbocycles. The summed E-state index contributed by atoms with van der Waals surface area (Å²) in [6, 6.07) is 20.0. The van der Waals surface area contributed by atoms with Crippen LogP contribution in [0.3, 0.4) is 0 Å². The van der Waals surface area contributed by atoms with Gasteiger partial charge in [0.05, 0.1) is 16.2 Å². The lowest BCUT2D eigenvalue weighted by molar-refractivity contribution is 0.102. The number of nitrogens with zero attached hydrogens (tertiary/aromatic N) is 2. The molecule has 0 unspecified atom stereocenters. The van der Waals surface area contributed by atoms with Crippen molar-refractivity contribution < 1.29 is 13.2 Å². The van der Waals surface area contributed by atoms with Crippen molar-refractivity contribution in [2.45, 2.75) is 11.7 Å². The van der Waals surface area contributed by atoms with E-state index in [0.717, 1.165) is 17.5 Å². The van der Waals surface area contributed by atoms with Crippen molar-refractivity contribution >= 4 is 44.2 Å². The molecular formula is C22H19ClN4O3S. The molecule has 9 heteroatoms. The Bertz CT molecular complexity index is 1370. The van der Waals surface area contributed by atoms with E-state index in [0.29, 0.717) is 22.8 Å². The van der Waals surface area contributed by atoms with Gasteiger partial charge in [-0.1, -0.05) is 48.0 Å². The van der Waals surface area contributed by atoms with Crippen LogP contribution in [0, 0.1) is 0 Å². The largest absolute Gasteiger partial charge is 0.380 e. The molecule has 0 radical (unpaired) electrons. The standard InChI is InChI=1S/C22H19ClN4O3S/c1-31(29,30)22-26-20(19-9-5-6-12-27(19)22)21(28)25-16-10-11-18(17(23)13-16)24-14-15-7-3-2-4-8-15/h2-13,24H,14H2,1H3,(H,25,28). The molecule has 2 aromatic carbocycles. The van der Waals surface area contributed by atoms with Crippen molar-refractivity contribution in [2.24, 2.45) is 0 Å². The molecule has 0 atom stereocenters. The van der Waals surface area contributed by atoms with E-state index in [-0.39, 0.29) is 10.9 Å². The van der Waals surface area contributed by atoms with E-state index in [1.165, 1.54) is 4.40 Å². The number of carbonyl (C=O) groups excluding carboxylic acids is 1. The lowest BCUT2D eigenvalue weighted by atomic mass is 10.2. The van der Waals surface area contributed by atoms with E-state index in [1.54, 1.807) is 42.6 Å². The fourth-order valence-corrected chi connectivity index (χ4v) is 4.18. The van der Waals surface area contributed by atoms with Crippen molar-refractivity contribution in [2.75, 3.05) is 16.9 Å². The molecule has 2 heterocycles. The van der Waals surface area contributed by atoms with Gasteiger partial charge in [0, 0.05) is 24.7 Å². The van der Waals surface area contributed by atoms with Crippen LogP contribution >= 0.6 is 11.6 Å². The molecule has 31 heavy (non-hydrogen) atoms. The summed E-state index contributed by atoms with van der Waals surface area (Å²) in [7, 11) is -3.61. The van der Waals surface area contributed by atoms with Crippen LogP contribution in [0.25, 0.3) is 5.52 Å². The third-order valence-corrected chi connectivity index (χ3v) is 5.88. The Balaban J connectivity index is 1.55. The number of hydrogen-bond acceptors (Lipinski definition) is 5. The van der Waals surface area contributed by atoms with Crippen molar-refractivity contribution in [1.82, 2.24) is 9.38 Å². The molecular weight excluding hydrogens is 436 g/mol. The molecule has 7 nitrogen and oxygen atoms in total. The molecule has 0 bridgehead atoms. The van der Waals surface area contributed by atoms with Crippen LogP contribution in [0.4, 0.5) is 11.4 Å². The zero-order chi connectivity index (χ0) is 22.0. The number of carbonyl (C=O) groups is 1. The number of anilines is 2. The summed E-state index contributed by atoms with van der Waals surface area (Å²) in [5.41, 5.74) is 2.73. The number of rotatable bonds is 6. The molecule has 0 fully saturated rings. The van der Waals surface area contributed by atoms with Gasteiger partial charge in [0.15, 0.2) is 5.69 Å². The Labute approximate surface area is 184 Å². The van der Waals surface area contributed by atoms with Crippen molar-refractivity contribution in [3.8, 4) is 0 Å². The predicted molar refractivity (Wildman–Crippen MR) is 121 cm³/mol. The fraction of sp³-hybridized carbons (Fsp3) is 0.0909. The van der Waals surface area contributed by atoms with Gasteiger partial charge in [-0.3, -0.25) is 9.20 Å². The Morgan fingerprint density at radius 3 is 2.52 bits per heavy atom. The summed E-state index contributed by atoms with van der Waals surface area (Å²) in [5.74, 6) is -0.528. The molecule has 0 saturated heterocycles. The maximum Gasteiger partial charge on any atom is 0.276 e. The molecule has 4 rings (SSSR count). The first-order valence-electron chi connectivity index (χ1n) is 9.39. The van der Waals surface area contributed by atoms with Crippen LogP contribution in [0.15, 0.2) is 78.1 Å². The molecule has 0 aliphatic rings. The highest BCUT2D eigenvalue weighted by Crippen LogP contribution is 2.27. The summed E-state index contributed by atoms with van der Waals surface area (Å²) in [6.45, 7) is 0.612. The Hall–Kier alpha value is -3.36. The summed E-state index contributed by atoms with van der Waals surface area (Å²) < 4.78 is 25.5. The van der Waals surface area contributed by atoms with Crippen LogP contribution in [-0.2, 0) is 16.4 Å². The van der Waals surface area contributed by atoms with Gasteiger partial charge in [0.1, 0.15) is 0 Å².